The third-order valence-electron chi connectivity index (χ3n) is 7.69. The van der Waals surface area contributed by atoms with E-state index in [4.69, 9.17) is 20.9 Å². The van der Waals surface area contributed by atoms with Crippen LogP contribution in [0.5, 0.6) is 17.2 Å². The lowest BCUT2D eigenvalue weighted by Gasteiger charge is -2.36. The molecule has 1 aliphatic rings. The first-order valence-electron chi connectivity index (χ1n) is 14.4. The van der Waals surface area contributed by atoms with Crippen LogP contribution in [0.1, 0.15) is 58.9 Å². The summed E-state index contributed by atoms with van der Waals surface area (Å²) in [5.41, 5.74) is 11.1. The van der Waals surface area contributed by atoms with Crippen molar-refractivity contribution in [1.29, 1.82) is 0 Å². The summed E-state index contributed by atoms with van der Waals surface area (Å²) in [4.78, 5) is 37.9. The molecular formula is C32H37F2N5O5. The zero-order valence-corrected chi connectivity index (χ0v) is 24.7. The van der Waals surface area contributed by atoms with Crippen LogP contribution >= 0.6 is 0 Å². The molecule has 4 amide bonds. The molecule has 1 atom stereocenters. The molecule has 6 N–H and O–H groups in total. The number of rotatable bonds is 12. The summed E-state index contributed by atoms with van der Waals surface area (Å²) in [5, 5.41) is 5.33. The smallest absolute Gasteiger partial charge is 0.319 e. The maximum absolute atomic E-state index is 14.2. The summed E-state index contributed by atoms with van der Waals surface area (Å²) in [6, 6.07) is 13.2. The third-order valence-corrected chi connectivity index (χ3v) is 7.69. The van der Waals surface area contributed by atoms with Gasteiger partial charge in [-0.2, -0.15) is 0 Å². The van der Waals surface area contributed by atoms with Gasteiger partial charge >= 0.3 is 6.03 Å². The van der Waals surface area contributed by atoms with Crippen LogP contribution in [0.3, 0.4) is 0 Å². The maximum Gasteiger partial charge on any atom is 0.319 e. The van der Waals surface area contributed by atoms with Gasteiger partial charge in [-0.25, -0.2) is 13.6 Å². The number of primary amides is 2. The molecule has 234 valence electrons. The lowest BCUT2D eigenvalue weighted by molar-refractivity contribution is 0.0989. The van der Waals surface area contributed by atoms with Gasteiger partial charge in [-0.15, -0.1) is 0 Å². The second-order valence-corrected chi connectivity index (χ2v) is 10.8. The monoisotopic (exact) mass is 609 g/mol. The standard InChI is InChI=1S/C32H37F2N5O5/c1-3-4-26(37-32(42)38-27-16-23(31(36)41)24(33)17-25(27)34)20-11-13-39(14-12-20)18-19-5-8-22(9-6-19)44-28-10-7-21(30(35)40)15-29(28)43-2/h5-10,15-17,20,26H,3-4,11-14,18H2,1-2H3,(H2,35,40)(H2,36,41)(H2,37,38,42). The molecule has 44 heavy (non-hydrogen) atoms. The van der Waals surface area contributed by atoms with Gasteiger partial charge < -0.3 is 31.6 Å². The van der Waals surface area contributed by atoms with Crippen molar-refractivity contribution in [2.75, 3.05) is 25.5 Å². The molecule has 1 heterocycles. The number of piperidine rings is 1. The number of urea groups is 1. The predicted octanol–water partition coefficient (Wildman–Crippen LogP) is 5.17. The lowest BCUT2D eigenvalue weighted by Crippen LogP contribution is -2.46. The molecule has 12 heteroatoms. The maximum atomic E-state index is 14.2. The fourth-order valence-electron chi connectivity index (χ4n) is 5.36. The van der Waals surface area contributed by atoms with Gasteiger partial charge in [0.1, 0.15) is 17.4 Å². The molecule has 1 aliphatic heterocycles. The van der Waals surface area contributed by atoms with Crippen LogP contribution in [-0.2, 0) is 6.54 Å². The van der Waals surface area contributed by atoms with Crippen LogP contribution in [0.2, 0.25) is 0 Å². The quantitative estimate of drug-likeness (QED) is 0.223. The molecule has 10 nitrogen and oxygen atoms in total. The Morgan fingerprint density at radius 2 is 1.66 bits per heavy atom. The average Bonchev–Trinajstić information content (AvgIpc) is 2.99. The number of ether oxygens (including phenoxy) is 2. The van der Waals surface area contributed by atoms with E-state index in [1.165, 1.54) is 13.2 Å². The minimum atomic E-state index is -1.09. The van der Waals surface area contributed by atoms with Crippen molar-refractivity contribution < 1.29 is 32.6 Å². The molecule has 0 bridgehead atoms. The van der Waals surface area contributed by atoms with Gasteiger partial charge in [-0.1, -0.05) is 25.5 Å². The van der Waals surface area contributed by atoms with E-state index in [1.807, 2.05) is 31.2 Å². The van der Waals surface area contributed by atoms with E-state index in [9.17, 15) is 23.2 Å². The zero-order valence-electron chi connectivity index (χ0n) is 24.7. The first kappa shape index (κ1) is 32.2. The van der Waals surface area contributed by atoms with Gasteiger partial charge in [0.05, 0.1) is 18.4 Å². The Hall–Kier alpha value is -4.71. The minimum absolute atomic E-state index is 0.133. The number of halogens is 2. The zero-order chi connectivity index (χ0) is 31.8. The van der Waals surface area contributed by atoms with Gasteiger partial charge in [-0.3, -0.25) is 14.5 Å². The number of nitrogens with zero attached hydrogens (tertiary/aromatic N) is 1. The molecule has 3 aromatic rings. The van der Waals surface area contributed by atoms with Crippen molar-refractivity contribution >= 4 is 23.5 Å². The molecule has 0 aromatic heterocycles. The van der Waals surface area contributed by atoms with E-state index < -0.39 is 35.0 Å². The second-order valence-electron chi connectivity index (χ2n) is 10.8. The van der Waals surface area contributed by atoms with Crippen LogP contribution in [0, 0.1) is 17.6 Å². The van der Waals surface area contributed by atoms with Gasteiger partial charge in [0, 0.05) is 24.2 Å². The number of carbonyl (C=O) groups is 3. The van der Waals surface area contributed by atoms with Crippen LogP contribution in [-0.4, -0.2) is 49.0 Å². The molecule has 1 fully saturated rings. The summed E-state index contributed by atoms with van der Waals surface area (Å²) in [6.07, 6.45) is 3.32. The van der Waals surface area contributed by atoms with Crippen molar-refractivity contribution in [3.63, 3.8) is 0 Å². The third kappa shape index (κ3) is 8.22. The van der Waals surface area contributed by atoms with E-state index in [-0.39, 0.29) is 17.6 Å². The highest BCUT2D eigenvalue weighted by Gasteiger charge is 2.28. The first-order chi connectivity index (χ1) is 21.1. The number of methoxy groups -OCH3 is 1. The number of nitrogens with two attached hydrogens (primary N) is 2. The Labute approximate surface area is 254 Å². The van der Waals surface area contributed by atoms with E-state index >= 15 is 0 Å². The highest BCUT2D eigenvalue weighted by atomic mass is 19.1. The Morgan fingerprint density at radius 3 is 2.27 bits per heavy atom. The van der Waals surface area contributed by atoms with Crippen LogP contribution in [0.25, 0.3) is 0 Å². The van der Waals surface area contributed by atoms with E-state index in [0.29, 0.717) is 28.9 Å². The Balaban J connectivity index is 1.30. The predicted molar refractivity (Wildman–Crippen MR) is 162 cm³/mol. The van der Waals surface area contributed by atoms with Gasteiger partial charge in [-0.05, 0) is 80.2 Å². The molecule has 1 saturated heterocycles. The summed E-state index contributed by atoms with van der Waals surface area (Å²) in [7, 11) is 1.49. The molecule has 0 aliphatic carbocycles. The molecule has 1 unspecified atom stereocenters. The summed E-state index contributed by atoms with van der Waals surface area (Å²) >= 11 is 0. The lowest BCUT2D eigenvalue weighted by atomic mass is 9.87. The van der Waals surface area contributed by atoms with E-state index in [2.05, 4.69) is 15.5 Å². The van der Waals surface area contributed by atoms with Crippen LogP contribution in [0.15, 0.2) is 54.6 Å². The summed E-state index contributed by atoms with van der Waals surface area (Å²) in [6.45, 7) is 4.46. The van der Waals surface area contributed by atoms with Crippen molar-refractivity contribution in [3.05, 3.63) is 82.9 Å². The van der Waals surface area contributed by atoms with Crippen molar-refractivity contribution in [1.82, 2.24) is 10.2 Å². The average molecular weight is 610 g/mol. The fourth-order valence-corrected chi connectivity index (χ4v) is 5.36. The van der Waals surface area contributed by atoms with Gasteiger partial charge in [0.2, 0.25) is 5.91 Å². The highest BCUT2D eigenvalue weighted by Crippen LogP contribution is 2.33. The molecule has 4 rings (SSSR count). The highest BCUT2D eigenvalue weighted by molar-refractivity contribution is 5.96. The Morgan fingerprint density at radius 1 is 0.955 bits per heavy atom. The fraction of sp³-hybridized carbons (Fsp3) is 0.344. The number of likely N-dealkylation sites (tertiary alicyclic amines) is 1. The topological polar surface area (TPSA) is 149 Å². The van der Waals surface area contributed by atoms with Crippen molar-refractivity contribution in [2.45, 2.75) is 45.2 Å². The van der Waals surface area contributed by atoms with Crippen LogP contribution < -0.4 is 31.6 Å². The molecule has 0 saturated carbocycles. The largest absolute Gasteiger partial charge is 0.493 e. The number of benzene rings is 3. The van der Waals surface area contributed by atoms with Crippen LogP contribution in [0.4, 0.5) is 19.3 Å². The number of nitrogens with one attached hydrogen (secondary N) is 2. The molecular weight excluding hydrogens is 572 g/mol. The van der Waals surface area contributed by atoms with Crippen molar-refractivity contribution in [2.24, 2.45) is 17.4 Å². The number of hydrogen-bond donors (Lipinski definition) is 4. The van der Waals surface area contributed by atoms with Gasteiger partial charge in [0.15, 0.2) is 11.5 Å². The SMILES string of the molecule is CCCC(NC(=O)Nc1cc(C(N)=O)c(F)cc1F)C1CCN(Cc2ccc(Oc3ccc(C(N)=O)cc3OC)cc2)CC1. The number of anilines is 1. The van der Waals surface area contributed by atoms with E-state index in [0.717, 1.165) is 56.9 Å². The van der Waals surface area contributed by atoms with Gasteiger partial charge in [0.25, 0.3) is 5.91 Å². The number of carbonyl (C=O) groups excluding carboxylic acids is 3. The normalized spacial score (nSPS) is 14.5. The first-order valence-corrected chi connectivity index (χ1v) is 14.4. The molecule has 3 aromatic carbocycles. The Kier molecular flexibility index (Phi) is 10.7. The minimum Gasteiger partial charge on any atom is -0.493 e. The number of amides is 4. The number of hydrogen-bond acceptors (Lipinski definition) is 6. The summed E-state index contributed by atoms with van der Waals surface area (Å²) in [5.74, 6) is -1.98. The second kappa shape index (κ2) is 14.6. The Bertz CT molecular complexity index is 1490. The molecule has 0 spiro atoms. The summed E-state index contributed by atoms with van der Waals surface area (Å²) < 4.78 is 39.3. The van der Waals surface area contributed by atoms with E-state index in [1.54, 1.807) is 12.1 Å². The van der Waals surface area contributed by atoms with Crippen molar-refractivity contribution in [3.8, 4) is 17.2 Å². The molecule has 0 radical (unpaired) electrons.